The van der Waals surface area contributed by atoms with Crippen molar-refractivity contribution in [2.75, 3.05) is 14.1 Å². The van der Waals surface area contributed by atoms with Gasteiger partial charge in [-0.2, -0.15) is 13.2 Å². The van der Waals surface area contributed by atoms with Crippen LogP contribution < -0.4 is 0 Å². The van der Waals surface area contributed by atoms with Gasteiger partial charge in [0.2, 0.25) is 10.0 Å². The Morgan fingerprint density at radius 2 is 1.50 bits per heavy atom. The summed E-state index contributed by atoms with van der Waals surface area (Å²) in [4.78, 5) is 0.0909. The number of sulfonamides is 1. The third kappa shape index (κ3) is 3.31. The monoisotopic (exact) mass is 329 g/mol. The highest BCUT2D eigenvalue weighted by Gasteiger charge is 2.30. The Bertz CT molecular complexity index is 766. The van der Waals surface area contributed by atoms with Crippen molar-refractivity contribution in [3.63, 3.8) is 0 Å². The molecule has 0 saturated heterocycles. The van der Waals surface area contributed by atoms with E-state index in [4.69, 9.17) is 0 Å². The van der Waals surface area contributed by atoms with Crippen LogP contribution in [0.15, 0.2) is 53.4 Å². The lowest BCUT2D eigenvalue weighted by atomic mass is 10.0. The molecule has 118 valence electrons. The zero-order valence-electron chi connectivity index (χ0n) is 11.9. The van der Waals surface area contributed by atoms with Gasteiger partial charge in [-0.15, -0.1) is 0 Å². The van der Waals surface area contributed by atoms with Crippen LogP contribution in [0.5, 0.6) is 0 Å². The normalized spacial score (nSPS) is 12.6. The zero-order valence-corrected chi connectivity index (χ0v) is 12.7. The first-order chi connectivity index (χ1) is 10.1. The maximum absolute atomic E-state index is 12.7. The summed E-state index contributed by atoms with van der Waals surface area (Å²) in [5.74, 6) is 0. The average molecular weight is 329 g/mol. The number of nitrogens with zero attached hydrogens (tertiary/aromatic N) is 1. The largest absolute Gasteiger partial charge is 0.416 e. The van der Waals surface area contributed by atoms with Gasteiger partial charge in [0.1, 0.15) is 0 Å². The third-order valence-corrected chi connectivity index (χ3v) is 4.99. The molecule has 22 heavy (non-hydrogen) atoms. The molecular formula is C15H14F3NO2S. The molecular weight excluding hydrogens is 315 g/mol. The van der Waals surface area contributed by atoms with Crippen LogP contribution in [0.3, 0.4) is 0 Å². The summed E-state index contributed by atoms with van der Waals surface area (Å²) in [5.41, 5.74) is 0.155. The second-order valence-electron chi connectivity index (χ2n) is 4.89. The molecule has 2 aromatic rings. The Morgan fingerprint density at radius 1 is 0.909 bits per heavy atom. The van der Waals surface area contributed by atoms with E-state index in [1.165, 1.54) is 44.4 Å². The van der Waals surface area contributed by atoms with Crippen LogP contribution in [-0.4, -0.2) is 26.8 Å². The van der Waals surface area contributed by atoms with E-state index in [-0.39, 0.29) is 4.90 Å². The molecule has 0 saturated carbocycles. The van der Waals surface area contributed by atoms with E-state index in [2.05, 4.69) is 0 Å². The summed E-state index contributed by atoms with van der Waals surface area (Å²) in [6.45, 7) is 0. The van der Waals surface area contributed by atoms with Crippen molar-refractivity contribution in [2.24, 2.45) is 0 Å². The van der Waals surface area contributed by atoms with E-state index in [9.17, 15) is 21.6 Å². The Balaban J connectivity index is 2.40. The van der Waals surface area contributed by atoms with E-state index < -0.39 is 21.8 Å². The van der Waals surface area contributed by atoms with Crippen molar-refractivity contribution in [1.29, 1.82) is 0 Å². The van der Waals surface area contributed by atoms with Crippen LogP contribution in [0.25, 0.3) is 11.1 Å². The summed E-state index contributed by atoms with van der Waals surface area (Å²) in [6, 6.07) is 10.6. The van der Waals surface area contributed by atoms with Gasteiger partial charge in [0, 0.05) is 14.1 Å². The molecule has 2 rings (SSSR count). The summed E-state index contributed by atoms with van der Waals surface area (Å²) >= 11 is 0. The minimum Gasteiger partial charge on any atom is -0.207 e. The molecule has 0 aliphatic heterocycles. The Kier molecular flexibility index (Phi) is 4.30. The van der Waals surface area contributed by atoms with E-state index in [0.29, 0.717) is 11.1 Å². The van der Waals surface area contributed by atoms with E-state index in [1.54, 1.807) is 6.07 Å². The number of halogens is 3. The maximum atomic E-state index is 12.7. The van der Waals surface area contributed by atoms with Crippen molar-refractivity contribution < 1.29 is 21.6 Å². The van der Waals surface area contributed by atoms with Crippen molar-refractivity contribution >= 4 is 10.0 Å². The van der Waals surface area contributed by atoms with Crippen molar-refractivity contribution in [2.45, 2.75) is 11.1 Å². The number of benzene rings is 2. The lowest BCUT2D eigenvalue weighted by Gasteiger charge is -2.12. The highest BCUT2D eigenvalue weighted by molar-refractivity contribution is 7.89. The topological polar surface area (TPSA) is 37.4 Å². The predicted molar refractivity (Wildman–Crippen MR) is 77.8 cm³/mol. The van der Waals surface area contributed by atoms with Gasteiger partial charge in [0.15, 0.2) is 0 Å². The van der Waals surface area contributed by atoms with Crippen LogP contribution in [0.1, 0.15) is 5.56 Å². The SMILES string of the molecule is CN(C)S(=O)(=O)c1ccc(-c2cccc(C(F)(F)F)c2)cc1. The molecule has 0 bridgehead atoms. The second-order valence-corrected chi connectivity index (χ2v) is 7.04. The molecule has 0 atom stereocenters. The first-order valence-corrected chi connectivity index (χ1v) is 7.76. The Labute approximate surface area is 127 Å². The van der Waals surface area contributed by atoms with Crippen molar-refractivity contribution in [3.05, 3.63) is 54.1 Å². The minimum atomic E-state index is -4.41. The molecule has 0 heterocycles. The fraction of sp³-hybridized carbons (Fsp3) is 0.200. The fourth-order valence-corrected chi connectivity index (χ4v) is 2.81. The summed E-state index contributed by atoms with van der Waals surface area (Å²) in [7, 11) is -0.728. The van der Waals surface area contributed by atoms with Crippen molar-refractivity contribution in [3.8, 4) is 11.1 Å². The van der Waals surface area contributed by atoms with Gasteiger partial charge >= 0.3 is 6.18 Å². The van der Waals surface area contributed by atoms with Gasteiger partial charge in [-0.05, 0) is 35.4 Å². The number of hydrogen-bond donors (Lipinski definition) is 0. The Hall–Kier alpha value is -1.86. The number of rotatable bonds is 3. The van der Waals surface area contributed by atoms with Gasteiger partial charge in [0.05, 0.1) is 10.5 Å². The number of alkyl halides is 3. The second kappa shape index (κ2) is 5.73. The summed E-state index contributed by atoms with van der Waals surface area (Å²) in [6.07, 6.45) is -4.41. The van der Waals surface area contributed by atoms with Crippen LogP contribution in [-0.2, 0) is 16.2 Å². The molecule has 0 amide bonds. The molecule has 0 N–H and O–H groups in total. The molecule has 0 unspecified atom stereocenters. The molecule has 0 aromatic heterocycles. The molecule has 2 aromatic carbocycles. The van der Waals surface area contributed by atoms with Gasteiger partial charge in [-0.3, -0.25) is 0 Å². The summed E-state index contributed by atoms with van der Waals surface area (Å²) in [5, 5.41) is 0. The van der Waals surface area contributed by atoms with Crippen LogP contribution >= 0.6 is 0 Å². The highest BCUT2D eigenvalue weighted by atomic mass is 32.2. The molecule has 0 aliphatic rings. The van der Waals surface area contributed by atoms with Crippen LogP contribution in [0.4, 0.5) is 13.2 Å². The van der Waals surface area contributed by atoms with E-state index in [0.717, 1.165) is 16.4 Å². The summed E-state index contributed by atoms with van der Waals surface area (Å²) < 4.78 is 63.1. The first-order valence-electron chi connectivity index (χ1n) is 6.32. The first kappa shape index (κ1) is 16.5. The molecule has 0 aliphatic carbocycles. The van der Waals surface area contributed by atoms with Gasteiger partial charge in [-0.1, -0.05) is 24.3 Å². The van der Waals surface area contributed by atoms with Gasteiger partial charge < -0.3 is 0 Å². The molecule has 0 fully saturated rings. The van der Waals surface area contributed by atoms with E-state index >= 15 is 0 Å². The molecule has 0 spiro atoms. The van der Waals surface area contributed by atoms with Crippen LogP contribution in [0, 0.1) is 0 Å². The quantitative estimate of drug-likeness (QED) is 0.862. The fourth-order valence-electron chi connectivity index (χ4n) is 1.91. The molecule has 0 radical (unpaired) electrons. The van der Waals surface area contributed by atoms with Gasteiger partial charge in [-0.25, -0.2) is 12.7 Å². The number of hydrogen-bond acceptors (Lipinski definition) is 2. The Morgan fingerprint density at radius 3 is 2.00 bits per heavy atom. The average Bonchev–Trinajstić information content (AvgIpc) is 2.46. The molecule has 7 heteroatoms. The van der Waals surface area contributed by atoms with Crippen molar-refractivity contribution in [1.82, 2.24) is 4.31 Å². The third-order valence-electron chi connectivity index (χ3n) is 3.16. The lowest BCUT2D eigenvalue weighted by Crippen LogP contribution is -2.22. The zero-order chi connectivity index (χ0) is 16.5. The van der Waals surface area contributed by atoms with Gasteiger partial charge in [0.25, 0.3) is 0 Å². The smallest absolute Gasteiger partial charge is 0.207 e. The standard InChI is InChI=1S/C15H14F3NO2S/c1-19(2)22(20,21)14-8-6-11(7-9-14)12-4-3-5-13(10-12)15(16,17)18/h3-10H,1-2H3. The van der Waals surface area contributed by atoms with Crippen LogP contribution in [0.2, 0.25) is 0 Å². The van der Waals surface area contributed by atoms with E-state index in [1.807, 2.05) is 0 Å². The lowest BCUT2D eigenvalue weighted by molar-refractivity contribution is -0.137. The predicted octanol–water partition coefficient (Wildman–Crippen LogP) is 3.62. The highest BCUT2D eigenvalue weighted by Crippen LogP contribution is 2.32. The molecule has 3 nitrogen and oxygen atoms in total. The minimum absolute atomic E-state index is 0.0909. The maximum Gasteiger partial charge on any atom is 0.416 e.